The Morgan fingerprint density at radius 3 is 2.40 bits per heavy atom. The highest BCUT2D eigenvalue weighted by Gasteiger charge is 2.20. The molecule has 0 saturated heterocycles. The number of hydrogen-bond acceptors (Lipinski definition) is 4. The first-order chi connectivity index (χ1) is 9.43. The predicted octanol–water partition coefficient (Wildman–Crippen LogP) is 1.26. The maximum Gasteiger partial charge on any atom is 0.323 e. The van der Waals surface area contributed by atoms with Crippen LogP contribution >= 0.6 is 0 Å². The van der Waals surface area contributed by atoms with Crippen LogP contribution in [0.4, 0.5) is 0 Å². The minimum Gasteiger partial charge on any atom is -0.484 e. The quantitative estimate of drug-likeness (QED) is 0.844. The first-order valence-corrected chi connectivity index (χ1v) is 6.08. The van der Waals surface area contributed by atoms with Crippen molar-refractivity contribution in [3.8, 4) is 11.8 Å². The third-order valence-corrected chi connectivity index (χ3v) is 2.60. The molecular weight excluding hydrogens is 260 g/mol. The minimum absolute atomic E-state index is 0.219. The minimum atomic E-state index is -1.06. The van der Waals surface area contributed by atoms with E-state index >= 15 is 0 Å². The Labute approximate surface area is 117 Å². The molecule has 1 amide bonds. The molecule has 1 rings (SSSR count). The standard InChI is InChI=1S/C14H16N2O4/c1-10(2)16(8-14(18)19)13(17)9-20-12-5-3-11(7-15)4-6-12/h3-6,10H,8-9H2,1-2H3,(H,18,19). The summed E-state index contributed by atoms with van der Waals surface area (Å²) >= 11 is 0. The van der Waals surface area contributed by atoms with Crippen molar-refractivity contribution in [2.24, 2.45) is 0 Å². The fourth-order valence-corrected chi connectivity index (χ4v) is 1.56. The first kappa shape index (κ1) is 15.5. The Balaban J connectivity index is 2.60. The molecule has 1 N–H and O–H groups in total. The van der Waals surface area contributed by atoms with Crippen LogP contribution in [0.3, 0.4) is 0 Å². The van der Waals surface area contributed by atoms with Crippen LogP contribution in [0.5, 0.6) is 5.75 Å². The van der Waals surface area contributed by atoms with Crippen LogP contribution in [0.1, 0.15) is 19.4 Å². The second-order valence-electron chi connectivity index (χ2n) is 4.43. The van der Waals surface area contributed by atoms with Crippen molar-refractivity contribution >= 4 is 11.9 Å². The van der Waals surface area contributed by atoms with Crippen LogP contribution in [-0.2, 0) is 9.59 Å². The average Bonchev–Trinajstić information content (AvgIpc) is 2.42. The van der Waals surface area contributed by atoms with Crippen molar-refractivity contribution in [3.05, 3.63) is 29.8 Å². The Kier molecular flexibility index (Phi) is 5.54. The van der Waals surface area contributed by atoms with E-state index in [1.807, 2.05) is 6.07 Å². The maximum atomic E-state index is 11.9. The summed E-state index contributed by atoms with van der Waals surface area (Å²) in [5.41, 5.74) is 0.498. The number of ether oxygens (including phenoxy) is 1. The lowest BCUT2D eigenvalue weighted by atomic mass is 10.2. The van der Waals surface area contributed by atoms with Gasteiger partial charge in [0.25, 0.3) is 5.91 Å². The lowest BCUT2D eigenvalue weighted by molar-refractivity contribution is -0.146. The van der Waals surface area contributed by atoms with Gasteiger partial charge in [-0.15, -0.1) is 0 Å². The molecule has 0 radical (unpaired) electrons. The highest BCUT2D eigenvalue weighted by atomic mass is 16.5. The molecular formula is C14H16N2O4. The molecule has 0 unspecified atom stereocenters. The van der Waals surface area contributed by atoms with Gasteiger partial charge >= 0.3 is 5.97 Å². The van der Waals surface area contributed by atoms with Gasteiger partial charge < -0.3 is 14.7 Å². The second-order valence-corrected chi connectivity index (χ2v) is 4.43. The summed E-state index contributed by atoms with van der Waals surface area (Å²) in [7, 11) is 0. The molecule has 0 heterocycles. The normalized spacial score (nSPS) is 9.90. The zero-order chi connectivity index (χ0) is 15.1. The molecule has 0 spiro atoms. The summed E-state index contributed by atoms with van der Waals surface area (Å²) in [6.07, 6.45) is 0. The molecule has 0 aliphatic heterocycles. The van der Waals surface area contributed by atoms with Gasteiger partial charge in [0.15, 0.2) is 6.61 Å². The van der Waals surface area contributed by atoms with E-state index in [2.05, 4.69) is 0 Å². The number of amides is 1. The first-order valence-electron chi connectivity index (χ1n) is 6.08. The molecule has 0 aliphatic rings. The summed E-state index contributed by atoms with van der Waals surface area (Å²) in [6.45, 7) is 2.88. The van der Waals surface area contributed by atoms with Gasteiger partial charge in [-0.3, -0.25) is 9.59 Å². The summed E-state index contributed by atoms with van der Waals surface area (Å²) in [4.78, 5) is 23.8. The van der Waals surface area contributed by atoms with Crippen molar-refractivity contribution in [1.29, 1.82) is 5.26 Å². The lowest BCUT2D eigenvalue weighted by Crippen LogP contribution is -2.43. The number of nitriles is 1. The molecule has 106 valence electrons. The second kappa shape index (κ2) is 7.14. The van der Waals surface area contributed by atoms with Crippen LogP contribution in [0.25, 0.3) is 0 Å². The molecule has 0 bridgehead atoms. The number of carbonyl (C=O) groups excluding carboxylic acids is 1. The van der Waals surface area contributed by atoms with E-state index in [9.17, 15) is 9.59 Å². The summed E-state index contributed by atoms with van der Waals surface area (Å²) < 4.78 is 5.29. The number of rotatable bonds is 6. The zero-order valence-electron chi connectivity index (χ0n) is 11.4. The molecule has 0 fully saturated rings. The van der Waals surface area contributed by atoms with E-state index in [4.69, 9.17) is 15.1 Å². The Morgan fingerprint density at radius 1 is 1.35 bits per heavy atom. The number of carbonyl (C=O) groups is 2. The van der Waals surface area contributed by atoms with Crippen molar-refractivity contribution in [1.82, 2.24) is 4.90 Å². The lowest BCUT2D eigenvalue weighted by Gasteiger charge is -2.24. The van der Waals surface area contributed by atoms with Gasteiger partial charge in [-0.25, -0.2) is 0 Å². The molecule has 0 atom stereocenters. The molecule has 20 heavy (non-hydrogen) atoms. The van der Waals surface area contributed by atoms with E-state index in [-0.39, 0.29) is 19.2 Å². The van der Waals surface area contributed by atoms with Crippen molar-refractivity contribution in [2.75, 3.05) is 13.2 Å². The van der Waals surface area contributed by atoms with E-state index in [0.29, 0.717) is 11.3 Å². The molecule has 0 aliphatic carbocycles. The molecule has 6 heteroatoms. The Morgan fingerprint density at radius 2 is 1.95 bits per heavy atom. The van der Waals surface area contributed by atoms with Gasteiger partial charge in [-0.2, -0.15) is 5.26 Å². The van der Waals surface area contributed by atoms with E-state index in [1.165, 1.54) is 4.90 Å². The SMILES string of the molecule is CC(C)N(CC(=O)O)C(=O)COc1ccc(C#N)cc1. The molecule has 1 aromatic rings. The van der Waals surface area contributed by atoms with Crippen LogP contribution in [0.15, 0.2) is 24.3 Å². The topological polar surface area (TPSA) is 90.6 Å². The fourth-order valence-electron chi connectivity index (χ4n) is 1.56. The van der Waals surface area contributed by atoms with Crippen molar-refractivity contribution in [2.45, 2.75) is 19.9 Å². The van der Waals surface area contributed by atoms with Crippen molar-refractivity contribution in [3.63, 3.8) is 0 Å². The number of benzene rings is 1. The zero-order valence-corrected chi connectivity index (χ0v) is 11.4. The number of carboxylic acid groups (broad SMARTS) is 1. The maximum absolute atomic E-state index is 11.9. The van der Waals surface area contributed by atoms with Crippen molar-refractivity contribution < 1.29 is 19.4 Å². The largest absolute Gasteiger partial charge is 0.484 e. The van der Waals surface area contributed by atoms with Gasteiger partial charge in [0, 0.05) is 6.04 Å². The third kappa shape index (κ3) is 4.61. The van der Waals surface area contributed by atoms with Gasteiger partial charge in [-0.1, -0.05) is 0 Å². The summed E-state index contributed by atoms with van der Waals surface area (Å²) in [5, 5.41) is 17.4. The fraction of sp³-hybridized carbons (Fsp3) is 0.357. The molecule has 0 saturated carbocycles. The van der Waals surface area contributed by atoms with Crippen LogP contribution in [0.2, 0.25) is 0 Å². The molecule has 6 nitrogen and oxygen atoms in total. The monoisotopic (exact) mass is 276 g/mol. The summed E-state index contributed by atoms with van der Waals surface area (Å²) in [6, 6.07) is 8.09. The molecule has 1 aromatic carbocycles. The van der Waals surface area contributed by atoms with Gasteiger partial charge in [0.2, 0.25) is 0 Å². The van der Waals surface area contributed by atoms with E-state index in [0.717, 1.165) is 0 Å². The number of carboxylic acids is 1. The van der Waals surface area contributed by atoms with Gasteiger partial charge in [0.05, 0.1) is 11.6 Å². The van der Waals surface area contributed by atoms with E-state index in [1.54, 1.807) is 38.1 Å². The van der Waals surface area contributed by atoms with Crippen LogP contribution in [-0.4, -0.2) is 41.1 Å². The number of nitrogens with zero attached hydrogens (tertiary/aromatic N) is 2. The average molecular weight is 276 g/mol. The Hall–Kier alpha value is -2.55. The summed E-state index contributed by atoms with van der Waals surface area (Å²) in [5.74, 6) is -1.01. The van der Waals surface area contributed by atoms with E-state index < -0.39 is 11.9 Å². The predicted molar refractivity (Wildman–Crippen MR) is 71.1 cm³/mol. The smallest absolute Gasteiger partial charge is 0.323 e. The third-order valence-electron chi connectivity index (χ3n) is 2.60. The highest BCUT2D eigenvalue weighted by Crippen LogP contribution is 2.12. The number of hydrogen-bond donors (Lipinski definition) is 1. The van der Waals surface area contributed by atoms with Crippen LogP contribution < -0.4 is 4.74 Å². The Bertz CT molecular complexity index is 517. The van der Waals surface area contributed by atoms with Gasteiger partial charge in [-0.05, 0) is 38.1 Å². The van der Waals surface area contributed by atoms with Gasteiger partial charge in [0.1, 0.15) is 12.3 Å². The molecule has 0 aromatic heterocycles. The highest BCUT2D eigenvalue weighted by molar-refractivity contribution is 5.82. The number of aliphatic carboxylic acids is 1. The van der Waals surface area contributed by atoms with Crippen LogP contribution in [0, 0.1) is 11.3 Å².